The van der Waals surface area contributed by atoms with Gasteiger partial charge < -0.3 is 9.26 Å². The van der Waals surface area contributed by atoms with Crippen molar-refractivity contribution in [1.82, 2.24) is 5.16 Å². The normalized spacial score (nSPS) is 11.3. The Labute approximate surface area is 187 Å². The predicted octanol–water partition coefficient (Wildman–Crippen LogP) is 5.18. The Balaban J connectivity index is 1.92. The number of carbonyl (C=O) groups is 1. The first-order valence-electron chi connectivity index (χ1n) is 9.16. The van der Waals surface area contributed by atoms with E-state index in [4.69, 9.17) is 9.26 Å². The Morgan fingerprint density at radius 1 is 0.935 bits per heavy atom. The minimum Gasteiger partial charge on any atom is -0.497 e. The first-order valence-corrected chi connectivity index (χ1v) is 11.4. The fourth-order valence-corrected chi connectivity index (χ4v) is 4.86. The number of nitrogens with zero attached hydrogens (tertiary/aromatic N) is 1. The highest BCUT2D eigenvalue weighted by molar-refractivity contribution is 9.10. The molecule has 4 aromatic rings. The molecule has 0 spiro atoms. The van der Waals surface area contributed by atoms with Crippen LogP contribution in [0.4, 0.5) is 0 Å². The van der Waals surface area contributed by atoms with Crippen LogP contribution >= 0.6 is 15.9 Å². The van der Waals surface area contributed by atoms with Crippen LogP contribution in [0.2, 0.25) is 0 Å². The van der Waals surface area contributed by atoms with Gasteiger partial charge >= 0.3 is 0 Å². The standard InChI is InChI=1S/C23H16BrNO5S/c1-29-18-13-9-15(10-14-18)21(26)20-23(31(27,28)19-5-3-2-4-6-19)22(30-25-20)16-7-11-17(24)12-8-16/h2-14H,1H3. The number of benzene rings is 3. The van der Waals surface area contributed by atoms with E-state index in [-0.39, 0.29) is 26.8 Å². The molecule has 0 N–H and O–H groups in total. The van der Waals surface area contributed by atoms with Crippen molar-refractivity contribution in [2.75, 3.05) is 7.11 Å². The van der Waals surface area contributed by atoms with Gasteiger partial charge in [-0.15, -0.1) is 0 Å². The van der Waals surface area contributed by atoms with Gasteiger partial charge in [0.05, 0.1) is 12.0 Å². The molecule has 0 amide bonds. The monoisotopic (exact) mass is 497 g/mol. The van der Waals surface area contributed by atoms with Gasteiger partial charge in [0, 0.05) is 15.6 Å². The molecule has 0 bridgehead atoms. The second kappa shape index (κ2) is 8.49. The third-order valence-electron chi connectivity index (χ3n) is 4.65. The fourth-order valence-electron chi connectivity index (χ4n) is 3.06. The average molecular weight is 498 g/mol. The molecule has 31 heavy (non-hydrogen) atoms. The Kier molecular flexibility index (Phi) is 5.75. The number of aromatic nitrogens is 1. The number of ketones is 1. The molecule has 1 heterocycles. The zero-order valence-electron chi connectivity index (χ0n) is 16.3. The molecule has 4 rings (SSSR count). The Bertz CT molecular complexity index is 1330. The van der Waals surface area contributed by atoms with Crippen molar-refractivity contribution in [3.8, 4) is 17.1 Å². The summed E-state index contributed by atoms with van der Waals surface area (Å²) in [7, 11) is -2.58. The number of ether oxygens (including phenoxy) is 1. The highest BCUT2D eigenvalue weighted by atomic mass is 79.9. The molecule has 0 aliphatic rings. The molecule has 1 aromatic heterocycles. The van der Waals surface area contributed by atoms with Gasteiger partial charge in [-0.25, -0.2) is 8.42 Å². The van der Waals surface area contributed by atoms with Crippen molar-refractivity contribution in [1.29, 1.82) is 0 Å². The summed E-state index contributed by atoms with van der Waals surface area (Å²) in [6, 6.07) is 21.1. The first-order chi connectivity index (χ1) is 14.9. The maximum absolute atomic E-state index is 13.5. The minimum absolute atomic E-state index is 0.00761. The third-order valence-corrected chi connectivity index (χ3v) is 6.98. The van der Waals surface area contributed by atoms with E-state index in [2.05, 4.69) is 21.1 Å². The largest absolute Gasteiger partial charge is 0.497 e. The van der Waals surface area contributed by atoms with E-state index in [1.54, 1.807) is 66.7 Å². The number of methoxy groups -OCH3 is 1. The molecule has 0 saturated heterocycles. The molecule has 3 aromatic carbocycles. The summed E-state index contributed by atoms with van der Waals surface area (Å²) in [6.07, 6.45) is 0. The summed E-state index contributed by atoms with van der Waals surface area (Å²) < 4.78 is 38.4. The topological polar surface area (TPSA) is 86.5 Å². The minimum atomic E-state index is -4.09. The van der Waals surface area contributed by atoms with Crippen LogP contribution in [0.3, 0.4) is 0 Å². The lowest BCUT2D eigenvalue weighted by Gasteiger charge is -2.07. The Morgan fingerprint density at radius 2 is 1.58 bits per heavy atom. The van der Waals surface area contributed by atoms with Gasteiger partial charge in [-0.1, -0.05) is 39.3 Å². The van der Waals surface area contributed by atoms with Crippen LogP contribution in [-0.4, -0.2) is 26.5 Å². The quantitative estimate of drug-likeness (QED) is 0.341. The second-order valence-electron chi connectivity index (χ2n) is 6.57. The number of hydrogen-bond donors (Lipinski definition) is 0. The van der Waals surface area contributed by atoms with E-state index in [1.165, 1.54) is 19.2 Å². The molecule has 0 saturated carbocycles. The molecule has 0 radical (unpaired) electrons. The molecule has 156 valence electrons. The van der Waals surface area contributed by atoms with Crippen molar-refractivity contribution >= 4 is 31.6 Å². The van der Waals surface area contributed by atoms with E-state index >= 15 is 0 Å². The van der Waals surface area contributed by atoms with E-state index in [0.29, 0.717) is 11.3 Å². The molecular weight excluding hydrogens is 482 g/mol. The molecule has 0 aliphatic carbocycles. The number of sulfone groups is 1. The summed E-state index contributed by atoms with van der Waals surface area (Å²) in [6.45, 7) is 0. The highest BCUT2D eigenvalue weighted by Crippen LogP contribution is 2.35. The number of carbonyl (C=O) groups excluding carboxylic acids is 1. The average Bonchev–Trinajstić information content (AvgIpc) is 3.26. The van der Waals surface area contributed by atoms with Crippen molar-refractivity contribution in [3.05, 3.63) is 94.6 Å². The van der Waals surface area contributed by atoms with Gasteiger partial charge in [0.25, 0.3) is 0 Å². The number of rotatable bonds is 6. The lowest BCUT2D eigenvalue weighted by Crippen LogP contribution is -2.11. The fraction of sp³-hybridized carbons (Fsp3) is 0.0435. The lowest BCUT2D eigenvalue weighted by molar-refractivity contribution is 0.102. The van der Waals surface area contributed by atoms with Crippen LogP contribution < -0.4 is 4.74 Å². The maximum atomic E-state index is 13.5. The van der Waals surface area contributed by atoms with Crippen LogP contribution in [0.25, 0.3) is 11.3 Å². The van der Waals surface area contributed by atoms with Crippen molar-refractivity contribution in [2.24, 2.45) is 0 Å². The summed E-state index contributed by atoms with van der Waals surface area (Å²) in [5.74, 6) is 0.0156. The molecule has 0 atom stereocenters. The van der Waals surface area contributed by atoms with Gasteiger partial charge in [0.2, 0.25) is 15.6 Å². The Morgan fingerprint density at radius 3 is 2.19 bits per heavy atom. The van der Waals surface area contributed by atoms with E-state index in [9.17, 15) is 13.2 Å². The zero-order valence-corrected chi connectivity index (χ0v) is 18.7. The highest BCUT2D eigenvalue weighted by Gasteiger charge is 2.34. The lowest BCUT2D eigenvalue weighted by atomic mass is 10.1. The number of hydrogen-bond acceptors (Lipinski definition) is 6. The van der Waals surface area contributed by atoms with Gasteiger partial charge in [0.1, 0.15) is 5.75 Å². The maximum Gasteiger partial charge on any atom is 0.216 e. The van der Waals surface area contributed by atoms with E-state index in [0.717, 1.165) is 4.47 Å². The summed E-state index contributed by atoms with van der Waals surface area (Å²) in [5, 5.41) is 3.88. The van der Waals surface area contributed by atoms with E-state index < -0.39 is 15.6 Å². The van der Waals surface area contributed by atoms with Crippen molar-refractivity contribution < 1.29 is 22.5 Å². The van der Waals surface area contributed by atoms with Gasteiger partial charge in [-0.3, -0.25) is 4.79 Å². The molecular formula is C23H16BrNO5S. The third kappa shape index (κ3) is 4.04. The molecule has 0 fully saturated rings. The molecule has 0 unspecified atom stereocenters. The van der Waals surface area contributed by atoms with Crippen LogP contribution in [0, 0.1) is 0 Å². The van der Waals surface area contributed by atoms with Crippen LogP contribution in [0.1, 0.15) is 16.1 Å². The van der Waals surface area contributed by atoms with Crippen molar-refractivity contribution in [3.63, 3.8) is 0 Å². The molecule has 6 nitrogen and oxygen atoms in total. The zero-order chi connectivity index (χ0) is 22.0. The van der Waals surface area contributed by atoms with E-state index in [1.807, 2.05) is 0 Å². The summed E-state index contributed by atoms with van der Waals surface area (Å²) >= 11 is 3.35. The van der Waals surface area contributed by atoms with Gasteiger partial charge in [0.15, 0.2) is 16.3 Å². The molecule has 0 aliphatic heterocycles. The van der Waals surface area contributed by atoms with Crippen molar-refractivity contribution in [2.45, 2.75) is 9.79 Å². The predicted molar refractivity (Wildman–Crippen MR) is 118 cm³/mol. The first kappa shape index (κ1) is 21.0. The SMILES string of the molecule is COc1ccc(C(=O)c2noc(-c3ccc(Br)cc3)c2S(=O)(=O)c2ccccc2)cc1. The summed E-state index contributed by atoms with van der Waals surface area (Å²) in [5.41, 5.74) is 0.479. The molecule has 8 heteroatoms. The number of halogens is 1. The second-order valence-corrected chi connectivity index (χ2v) is 9.37. The van der Waals surface area contributed by atoms with Gasteiger partial charge in [-0.05, 0) is 60.7 Å². The van der Waals surface area contributed by atoms with Crippen LogP contribution in [0.15, 0.2) is 97.6 Å². The van der Waals surface area contributed by atoms with Crippen LogP contribution in [0.5, 0.6) is 5.75 Å². The van der Waals surface area contributed by atoms with Gasteiger partial charge in [-0.2, -0.15) is 0 Å². The van der Waals surface area contributed by atoms with Crippen LogP contribution in [-0.2, 0) is 9.84 Å². The summed E-state index contributed by atoms with van der Waals surface area (Å²) in [4.78, 5) is 13.0. The smallest absolute Gasteiger partial charge is 0.216 e. The Hall–Kier alpha value is -3.23.